The summed E-state index contributed by atoms with van der Waals surface area (Å²) < 4.78 is 37.6. The predicted octanol–water partition coefficient (Wildman–Crippen LogP) is 1.63. The first-order valence-electron chi connectivity index (χ1n) is 5.55. The van der Waals surface area contributed by atoms with Gasteiger partial charge in [-0.3, -0.25) is 0 Å². The second-order valence-electron chi connectivity index (χ2n) is 4.19. The Hall–Kier alpha value is -1.73. The highest BCUT2D eigenvalue weighted by Crippen LogP contribution is 2.34. The quantitative estimate of drug-likeness (QED) is 0.862. The highest BCUT2D eigenvalue weighted by molar-refractivity contribution is 5.53. The number of rotatable bonds is 4. The number of aromatic nitrogens is 2. The van der Waals surface area contributed by atoms with Gasteiger partial charge in [-0.1, -0.05) is 0 Å². The third-order valence-electron chi connectivity index (χ3n) is 2.62. The molecule has 1 fully saturated rings. The summed E-state index contributed by atoms with van der Waals surface area (Å²) in [6, 6.07) is 1.37. The van der Waals surface area contributed by atoms with Crippen molar-refractivity contribution in [3.63, 3.8) is 0 Å². The van der Waals surface area contributed by atoms with Crippen LogP contribution in [0.15, 0.2) is 6.07 Å². The first-order valence-corrected chi connectivity index (χ1v) is 5.55. The molecule has 0 bridgehead atoms. The third-order valence-corrected chi connectivity index (χ3v) is 2.62. The third kappa shape index (κ3) is 3.14. The van der Waals surface area contributed by atoms with Crippen molar-refractivity contribution in [1.29, 1.82) is 0 Å². The van der Waals surface area contributed by atoms with E-state index in [1.165, 1.54) is 11.0 Å². The molecule has 1 aliphatic carbocycles. The summed E-state index contributed by atoms with van der Waals surface area (Å²) in [5.41, 5.74) is 5.49. The van der Waals surface area contributed by atoms with Crippen LogP contribution in [0.4, 0.5) is 30.8 Å². The number of nitrogens with one attached hydrogen (secondary N) is 1. The maximum absolute atomic E-state index is 12.5. The van der Waals surface area contributed by atoms with E-state index in [2.05, 4.69) is 15.3 Å². The summed E-state index contributed by atoms with van der Waals surface area (Å²) in [5.74, 6) is 0.585. The number of nitrogens with two attached hydrogens (primary N) is 1. The number of anilines is 3. The van der Waals surface area contributed by atoms with Gasteiger partial charge in [0.05, 0.1) is 0 Å². The van der Waals surface area contributed by atoms with E-state index in [0.717, 1.165) is 12.8 Å². The fourth-order valence-electron chi connectivity index (χ4n) is 1.70. The minimum Gasteiger partial charge on any atom is -0.373 e. The van der Waals surface area contributed by atoms with Gasteiger partial charge < -0.3 is 16.0 Å². The first-order chi connectivity index (χ1) is 8.39. The molecule has 0 aliphatic heterocycles. The van der Waals surface area contributed by atoms with Gasteiger partial charge in [0.25, 0.3) is 0 Å². The van der Waals surface area contributed by atoms with E-state index in [0.29, 0.717) is 5.82 Å². The zero-order valence-corrected chi connectivity index (χ0v) is 9.83. The van der Waals surface area contributed by atoms with Crippen LogP contribution in [0.3, 0.4) is 0 Å². The predicted molar refractivity (Wildman–Crippen MR) is 62.4 cm³/mol. The van der Waals surface area contributed by atoms with Crippen LogP contribution in [0.5, 0.6) is 0 Å². The second-order valence-corrected chi connectivity index (χ2v) is 4.19. The highest BCUT2D eigenvalue weighted by atomic mass is 19.4. The highest BCUT2D eigenvalue weighted by Gasteiger charge is 2.39. The van der Waals surface area contributed by atoms with E-state index >= 15 is 0 Å². The fourth-order valence-corrected chi connectivity index (χ4v) is 1.70. The minimum absolute atomic E-state index is 0.0373. The molecule has 0 spiro atoms. The van der Waals surface area contributed by atoms with Crippen molar-refractivity contribution in [2.24, 2.45) is 0 Å². The smallest absolute Gasteiger partial charge is 0.373 e. The van der Waals surface area contributed by atoms with Crippen molar-refractivity contribution in [3.05, 3.63) is 6.07 Å². The van der Waals surface area contributed by atoms with Crippen molar-refractivity contribution in [2.45, 2.75) is 25.1 Å². The summed E-state index contributed by atoms with van der Waals surface area (Å²) in [4.78, 5) is 8.97. The standard InChI is InChI=1S/C10H14F3N5/c1-15-7-4-8(17-9(14)16-7)18(6-2-3-6)5-10(11,12)13/h4,6H,2-3,5H2,1H3,(H3,14,15,16,17). The average molecular weight is 261 g/mol. The Balaban J connectivity index is 2.27. The number of nitrogen functional groups attached to an aromatic ring is 1. The number of hydrogen-bond acceptors (Lipinski definition) is 5. The molecule has 8 heteroatoms. The number of halogens is 3. The summed E-state index contributed by atoms with van der Waals surface area (Å²) in [5, 5.41) is 2.75. The normalized spacial score (nSPS) is 15.6. The Morgan fingerprint density at radius 1 is 1.44 bits per heavy atom. The van der Waals surface area contributed by atoms with Crippen LogP contribution in [-0.2, 0) is 0 Å². The second kappa shape index (κ2) is 4.51. The lowest BCUT2D eigenvalue weighted by atomic mass is 10.4. The Morgan fingerprint density at radius 2 is 2.11 bits per heavy atom. The molecule has 2 rings (SSSR count). The van der Waals surface area contributed by atoms with Gasteiger partial charge in [-0.05, 0) is 12.8 Å². The fraction of sp³-hybridized carbons (Fsp3) is 0.600. The van der Waals surface area contributed by atoms with Crippen LogP contribution < -0.4 is 16.0 Å². The molecule has 0 radical (unpaired) electrons. The van der Waals surface area contributed by atoms with Gasteiger partial charge in [0, 0.05) is 19.2 Å². The van der Waals surface area contributed by atoms with Crippen LogP contribution in [0, 0.1) is 0 Å². The largest absolute Gasteiger partial charge is 0.405 e. The molecule has 5 nitrogen and oxygen atoms in total. The molecule has 0 atom stereocenters. The van der Waals surface area contributed by atoms with Crippen LogP contribution in [0.1, 0.15) is 12.8 Å². The first kappa shape index (κ1) is 12.7. The maximum atomic E-state index is 12.5. The van der Waals surface area contributed by atoms with Crippen molar-refractivity contribution >= 4 is 17.6 Å². The Morgan fingerprint density at radius 3 is 2.61 bits per heavy atom. The molecule has 1 aromatic heterocycles. The van der Waals surface area contributed by atoms with E-state index in [1.807, 2.05) is 0 Å². The van der Waals surface area contributed by atoms with Crippen LogP contribution >= 0.6 is 0 Å². The molecule has 3 N–H and O–H groups in total. The van der Waals surface area contributed by atoms with E-state index in [9.17, 15) is 13.2 Å². The summed E-state index contributed by atoms with van der Waals surface area (Å²) >= 11 is 0. The molecule has 1 aromatic rings. The van der Waals surface area contributed by atoms with E-state index in [-0.39, 0.29) is 17.8 Å². The van der Waals surface area contributed by atoms with Crippen molar-refractivity contribution in [3.8, 4) is 0 Å². The van der Waals surface area contributed by atoms with Crippen LogP contribution in [-0.4, -0.2) is 35.8 Å². The average Bonchev–Trinajstić information content (AvgIpc) is 3.07. The van der Waals surface area contributed by atoms with Gasteiger partial charge in [-0.2, -0.15) is 23.1 Å². The molecule has 18 heavy (non-hydrogen) atoms. The summed E-state index contributed by atoms with van der Waals surface area (Å²) in [6.07, 6.45) is -2.77. The molecule has 0 unspecified atom stereocenters. The number of alkyl halides is 3. The maximum Gasteiger partial charge on any atom is 0.405 e. The lowest BCUT2D eigenvalue weighted by Crippen LogP contribution is -2.36. The zero-order chi connectivity index (χ0) is 13.3. The molecule has 1 heterocycles. The Labute approximate surface area is 102 Å². The lowest BCUT2D eigenvalue weighted by molar-refractivity contribution is -0.120. The van der Waals surface area contributed by atoms with E-state index in [1.54, 1.807) is 7.05 Å². The van der Waals surface area contributed by atoms with Gasteiger partial charge in [0.1, 0.15) is 18.2 Å². The molecule has 0 amide bonds. The minimum atomic E-state index is -4.26. The molecule has 100 valence electrons. The van der Waals surface area contributed by atoms with Gasteiger partial charge in [-0.15, -0.1) is 0 Å². The molecule has 0 saturated heterocycles. The van der Waals surface area contributed by atoms with Gasteiger partial charge in [-0.25, -0.2) is 0 Å². The zero-order valence-electron chi connectivity index (χ0n) is 9.83. The Bertz CT molecular complexity index is 430. The van der Waals surface area contributed by atoms with Gasteiger partial charge in [0.2, 0.25) is 5.95 Å². The lowest BCUT2D eigenvalue weighted by Gasteiger charge is -2.25. The SMILES string of the molecule is CNc1cc(N(CC(F)(F)F)C2CC2)nc(N)n1. The topological polar surface area (TPSA) is 67.1 Å². The molecule has 1 saturated carbocycles. The van der Waals surface area contributed by atoms with Crippen molar-refractivity contribution in [1.82, 2.24) is 9.97 Å². The van der Waals surface area contributed by atoms with E-state index < -0.39 is 12.7 Å². The summed E-state index contributed by atoms with van der Waals surface area (Å²) in [7, 11) is 1.62. The van der Waals surface area contributed by atoms with Crippen LogP contribution in [0.25, 0.3) is 0 Å². The van der Waals surface area contributed by atoms with E-state index in [4.69, 9.17) is 5.73 Å². The molecular formula is C10H14F3N5. The van der Waals surface area contributed by atoms with Crippen LogP contribution in [0.2, 0.25) is 0 Å². The number of nitrogens with zero attached hydrogens (tertiary/aromatic N) is 3. The summed E-state index contributed by atoms with van der Waals surface area (Å²) in [6.45, 7) is -1.02. The molecule has 1 aliphatic rings. The Kier molecular flexibility index (Phi) is 3.18. The molecular weight excluding hydrogens is 247 g/mol. The monoisotopic (exact) mass is 261 g/mol. The van der Waals surface area contributed by atoms with Crippen molar-refractivity contribution in [2.75, 3.05) is 29.5 Å². The van der Waals surface area contributed by atoms with Gasteiger partial charge >= 0.3 is 6.18 Å². The van der Waals surface area contributed by atoms with Gasteiger partial charge in [0.15, 0.2) is 0 Å². The number of hydrogen-bond donors (Lipinski definition) is 2. The molecule has 0 aromatic carbocycles. The van der Waals surface area contributed by atoms with Crippen molar-refractivity contribution < 1.29 is 13.2 Å².